The van der Waals surface area contributed by atoms with Crippen molar-refractivity contribution in [2.75, 3.05) is 31.6 Å². The van der Waals surface area contributed by atoms with Gasteiger partial charge in [0.15, 0.2) is 0 Å². The molecule has 6 nitrogen and oxygen atoms in total. The lowest BCUT2D eigenvalue weighted by Gasteiger charge is -2.08. The first-order valence-corrected chi connectivity index (χ1v) is 8.85. The summed E-state index contributed by atoms with van der Waals surface area (Å²) in [6.45, 7) is 6.47. The minimum absolute atomic E-state index is 0.177. The Morgan fingerprint density at radius 3 is 2.57 bits per heavy atom. The number of hydrogen-bond acceptors (Lipinski definition) is 5. The maximum atomic E-state index is 12.0. The predicted molar refractivity (Wildman–Crippen MR) is 83.9 cm³/mol. The van der Waals surface area contributed by atoms with Crippen molar-refractivity contribution in [3.05, 3.63) is 18.3 Å². The number of anilines is 1. The molecular formula is C14H25N3O3S. The van der Waals surface area contributed by atoms with Gasteiger partial charge in [0.1, 0.15) is 10.7 Å². The third-order valence-electron chi connectivity index (χ3n) is 2.80. The zero-order valence-electron chi connectivity index (χ0n) is 12.8. The molecule has 0 saturated carbocycles. The van der Waals surface area contributed by atoms with Crippen LogP contribution in [-0.2, 0) is 14.8 Å². The highest BCUT2D eigenvalue weighted by molar-refractivity contribution is 7.89. The van der Waals surface area contributed by atoms with Crippen molar-refractivity contribution in [3.63, 3.8) is 0 Å². The Kier molecular flexibility index (Phi) is 8.26. The van der Waals surface area contributed by atoms with E-state index in [0.29, 0.717) is 25.4 Å². The van der Waals surface area contributed by atoms with E-state index in [4.69, 9.17) is 4.74 Å². The highest BCUT2D eigenvalue weighted by Gasteiger charge is 2.13. The molecule has 120 valence electrons. The van der Waals surface area contributed by atoms with E-state index in [1.165, 1.54) is 6.20 Å². The van der Waals surface area contributed by atoms with Gasteiger partial charge in [-0.3, -0.25) is 0 Å². The lowest BCUT2D eigenvalue weighted by Crippen LogP contribution is -2.25. The van der Waals surface area contributed by atoms with Gasteiger partial charge in [-0.15, -0.1) is 0 Å². The number of nitrogens with zero attached hydrogens (tertiary/aromatic N) is 1. The molecule has 0 unspecified atom stereocenters. The molecule has 0 saturated heterocycles. The minimum Gasteiger partial charge on any atom is -0.381 e. The number of unbranched alkanes of at least 4 members (excludes halogenated alkanes) is 1. The summed E-state index contributed by atoms with van der Waals surface area (Å²) in [7, 11) is -3.49. The second kappa shape index (κ2) is 9.70. The normalized spacial score (nSPS) is 11.5. The van der Waals surface area contributed by atoms with Crippen LogP contribution in [0.4, 0.5) is 5.82 Å². The third kappa shape index (κ3) is 6.88. The van der Waals surface area contributed by atoms with E-state index in [1.54, 1.807) is 12.1 Å². The average molecular weight is 315 g/mol. The standard InChI is InChI=1S/C14H25N3O3S/c1-3-5-10-20-11-6-9-17-21(18,19)13-7-8-14(15-4-2)16-12-13/h7-8,12,17H,3-6,9-11H2,1-2H3,(H,15,16). The second-order valence-corrected chi connectivity index (χ2v) is 6.39. The summed E-state index contributed by atoms with van der Waals surface area (Å²) in [6.07, 6.45) is 4.15. The van der Waals surface area contributed by atoms with Gasteiger partial charge in [-0.05, 0) is 31.9 Å². The van der Waals surface area contributed by atoms with Crippen molar-refractivity contribution in [2.24, 2.45) is 0 Å². The van der Waals surface area contributed by atoms with Gasteiger partial charge in [0.05, 0.1) is 0 Å². The van der Waals surface area contributed by atoms with Gasteiger partial charge in [-0.2, -0.15) is 0 Å². The molecule has 1 heterocycles. The molecule has 0 aliphatic carbocycles. The smallest absolute Gasteiger partial charge is 0.242 e. The van der Waals surface area contributed by atoms with Crippen molar-refractivity contribution >= 4 is 15.8 Å². The molecule has 0 bridgehead atoms. The molecule has 0 aliphatic rings. The summed E-state index contributed by atoms with van der Waals surface area (Å²) < 4.78 is 32.0. The van der Waals surface area contributed by atoms with Gasteiger partial charge in [-0.1, -0.05) is 13.3 Å². The molecule has 7 heteroatoms. The van der Waals surface area contributed by atoms with E-state index >= 15 is 0 Å². The number of nitrogens with one attached hydrogen (secondary N) is 2. The number of aromatic nitrogens is 1. The summed E-state index contributed by atoms with van der Waals surface area (Å²) >= 11 is 0. The largest absolute Gasteiger partial charge is 0.381 e. The molecule has 0 amide bonds. The van der Waals surface area contributed by atoms with Crippen LogP contribution < -0.4 is 10.0 Å². The first-order chi connectivity index (χ1) is 10.1. The lowest BCUT2D eigenvalue weighted by molar-refractivity contribution is 0.130. The molecule has 1 aromatic heterocycles. The third-order valence-corrected chi connectivity index (χ3v) is 4.25. The van der Waals surface area contributed by atoms with Crippen LogP contribution in [-0.4, -0.2) is 39.7 Å². The maximum Gasteiger partial charge on any atom is 0.242 e. The van der Waals surface area contributed by atoms with Gasteiger partial charge in [0.2, 0.25) is 10.0 Å². The Hall–Kier alpha value is -1.18. The van der Waals surface area contributed by atoms with Gasteiger partial charge >= 0.3 is 0 Å². The van der Waals surface area contributed by atoms with E-state index in [1.807, 2.05) is 6.92 Å². The van der Waals surface area contributed by atoms with Crippen molar-refractivity contribution in [1.29, 1.82) is 0 Å². The maximum absolute atomic E-state index is 12.0. The molecule has 0 radical (unpaired) electrons. The summed E-state index contributed by atoms with van der Waals surface area (Å²) in [6, 6.07) is 3.21. The fourth-order valence-corrected chi connectivity index (χ4v) is 2.66. The Balaban J connectivity index is 2.35. The number of sulfonamides is 1. The minimum atomic E-state index is -3.49. The van der Waals surface area contributed by atoms with Crippen LogP contribution in [0.1, 0.15) is 33.1 Å². The van der Waals surface area contributed by atoms with Gasteiger partial charge < -0.3 is 10.1 Å². The van der Waals surface area contributed by atoms with Crippen molar-refractivity contribution < 1.29 is 13.2 Å². The summed E-state index contributed by atoms with van der Waals surface area (Å²) in [5.74, 6) is 0.667. The van der Waals surface area contributed by atoms with Crippen LogP contribution in [0.3, 0.4) is 0 Å². The van der Waals surface area contributed by atoms with E-state index in [2.05, 4.69) is 21.9 Å². The Morgan fingerprint density at radius 2 is 1.95 bits per heavy atom. The Bertz CT molecular complexity index is 489. The Labute approximate surface area is 127 Å². The summed E-state index contributed by atoms with van der Waals surface area (Å²) in [5.41, 5.74) is 0. The van der Waals surface area contributed by atoms with Crippen LogP contribution in [0, 0.1) is 0 Å². The SMILES string of the molecule is CCCCOCCCNS(=O)(=O)c1ccc(NCC)nc1. The number of rotatable bonds is 11. The van der Waals surface area contributed by atoms with Crippen LogP contribution in [0.5, 0.6) is 0 Å². The molecule has 0 spiro atoms. The molecule has 2 N–H and O–H groups in total. The van der Waals surface area contributed by atoms with Gasteiger partial charge in [-0.25, -0.2) is 18.1 Å². The van der Waals surface area contributed by atoms with E-state index in [0.717, 1.165) is 26.0 Å². The number of pyridine rings is 1. The fraction of sp³-hybridized carbons (Fsp3) is 0.643. The second-order valence-electron chi connectivity index (χ2n) is 4.63. The Morgan fingerprint density at radius 1 is 1.19 bits per heavy atom. The lowest BCUT2D eigenvalue weighted by atomic mass is 10.4. The van der Waals surface area contributed by atoms with Crippen molar-refractivity contribution in [1.82, 2.24) is 9.71 Å². The number of hydrogen-bond donors (Lipinski definition) is 2. The molecule has 0 aliphatic heterocycles. The van der Waals surface area contributed by atoms with Gasteiger partial charge in [0, 0.05) is 32.5 Å². The van der Waals surface area contributed by atoms with Crippen LogP contribution in [0.25, 0.3) is 0 Å². The zero-order chi connectivity index (χ0) is 15.6. The monoisotopic (exact) mass is 315 g/mol. The van der Waals surface area contributed by atoms with E-state index in [-0.39, 0.29) is 4.90 Å². The van der Waals surface area contributed by atoms with Crippen LogP contribution >= 0.6 is 0 Å². The predicted octanol–water partition coefficient (Wildman–Crippen LogP) is 2.00. The van der Waals surface area contributed by atoms with Crippen LogP contribution in [0.2, 0.25) is 0 Å². The summed E-state index contributed by atoms with van der Waals surface area (Å²) in [4.78, 5) is 4.23. The molecule has 0 aromatic carbocycles. The zero-order valence-corrected chi connectivity index (χ0v) is 13.6. The van der Waals surface area contributed by atoms with Gasteiger partial charge in [0.25, 0.3) is 0 Å². The van der Waals surface area contributed by atoms with Crippen LogP contribution in [0.15, 0.2) is 23.2 Å². The highest BCUT2D eigenvalue weighted by atomic mass is 32.2. The van der Waals surface area contributed by atoms with Crippen molar-refractivity contribution in [3.8, 4) is 0 Å². The topological polar surface area (TPSA) is 80.3 Å². The highest BCUT2D eigenvalue weighted by Crippen LogP contribution is 2.10. The molecule has 21 heavy (non-hydrogen) atoms. The fourth-order valence-electron chi connectivity index (χ4n) is 1.64. The average Bonchev–Trinajstić information content (AvgIpc) is 2.47. The number of ether oxygens (including phenoxy) is 1. The first kappa shape index (κ1) is 17.9. The molecule has 0 fully saturated rings. The van der Waals surface area contributed by atoms with E-state index < -0.39 is 10.0 Å². The van der Waals surface area contributed by atoms with Crippen molar-refractivity contribution in [2.45, 2.75) is 38.0 Å². The first-order valence-electron chi connectivity index (χ1n) is 7.37. The molecular weight excluding hydrogens is 290 g/mol. The molecule has 0 atom stereocenters. The quantitative estimate of drug-likeness (QED) is 0.611. The summed E-state index contributed by atoms with van der Waals surface area (Å²) in [5, 5.41) is 3.02. The molecule has 1 rings (SSSR count). The molecule has 1 aromatic rings. The van der Waals surface area contributed by atoms with E-state index in [9.17, 15) is 8.42 Å².